The predicted molar refractivity (Wildman–Crippen MR) is 135 cm³/mol. The Morgan fingerprint density at radius 3 is 2.34 bits per heavy atom. The van der Waals surface area contributed by atoms with Crippen LogP contribution in [0.5, 0.6) is 5.75 Å². The predicted octanol–water partition coefficient (Wildman–Crippen LogP) is 6.00. The quantitative estimate of drug-likeness (QED) is 0.272. The Hall–Kier alpha value is -1.92. The number of nitrogens with one attached hydrogen (secondary N) is 1. The van der Waals surface area contributed by atoms with Crippen molar-refractivity contribution < 1.29 is 18.8 Å². The van der Waals surface area contributed by atoms with E-state index in [-0.39, 0.29) is 29.9 Å². The lowest BCUT2D eigenvalue weighted by Crippen LogP contribution is -2.43. The van der Waals surface area contributed by atoms with Crippen molar-refractivity contribution in [1.82, 2.24) is 5.32 Å². The highest BCUT2D eigenvalue weighted by atomic mass is 28.4. The van der Waals surface area contributed by atoms with Crippen LogP contribution >= 0.6 is 0 Å². The van der Waals surface area contributed by atoms with E-state index in [4.69, 9.17) is 9.16 Å². The normalized spacial score (nSPS) is 13.2. The molecule has 0 saturated carbocycles. The van der Waals surface area contributed by atoms with Gasteiger partial charge < -0.3 is 14.5 Å². The third kappa shape index (κ3) is 10.6. The first-order chi connectivity index (χ1) is 15.0. The number of ketones is 1. The highest BCUT2D eigenvalue weighted by Gasteiger charge is 2.37. The molecule has 1 aromatic carbocycles. The highest BCUT2D eigenvalue weighted by molar-refractivity contribution is 6.74. The van der Waals surface area contributed by atoms with Crippen LogP contribution in [0.15, 0.2) is 30.3 Å². The van der Waals surface area contributed by atoms with Crippen molar-refractivity contribution >= 4 is 26.1 Å². The molecule has 1 aromatic rings. The number of unbranched alkanes of at least 4 members (excludes halogenated alkanes) is 1. The summed E-state index contributed by atoms with van der Waals surface area (Å²) in [5.41, 5.74) is 0.901. The van der Waals surface area contributed by atoms with Gasteiger partial charge >= 0.3 is 0 Å². The largest absolute Gasteiger partial charge is 0.493 e. The van der Waals surface area contributed by atoms with Crippen molar-refractivity contribution in [1.29, 1.82) is 0 Å². The van der Waals surface area contributed by atoms with Gasteiger partial charge in [0.05, 0.1) is 19.8 Å². The van der Waals surface area contributed by atoms with Crippen LogP contribution in [-0.4, -0.2) is 39.8 Å². The molecule has 1 atom stereocenters. The standard InChI is InChI=1S/C26H43NO4Si/c1-8-10-11-21(9-2)19-30-24-15-12-22(13-16-24)14-17-25(29)27-18-23(28)20-31-32(6,7)26(3,4)5/h12-17,21H,8-11,18-20H2,1-7H3,(H,27,29)/b17-14+. The first kappa shape index (κ1) is 28.1. The molecule has 0 aromatic heterocycles. The van der Waals surface area contributed by atoms with Crippen molar-refractivity contribution in [2.75, 3.05) is 19.8 Å². The molecular formula is C26H43NO4Si. The van der Waals surface area contributed by atoms with Crippen molar-refractivity contribution in [3.8, 4) is 5.75 Å². The molecular weight excluding hydrogens is 418 g/mol. The minimum Gasteiger partial charge on any atom is -0.493 e. The second kappa shape index (κ2) is 13.6. The van der Waals surface area contributed by atoms with Gasteiger partial charge in [0.25, 0.3) is 0 Å². The molecule has 0 fully saturated rings. The van der Waals surface area contributed by atoms with Crippen LogP contribution in [0.3, 0.4) is 0 Å². The molecule has 0 saturated heterocycles. The summed E-state index contributed by atoms with van der Waals surface area (Å²) in [6, 6.07) is 7.69. The van der Waals surface area contributed by atoms with Crippen LogP contribution in [0.25, 0.3) is 6.08 Å². The Kier molecular flexibility index (Phi) is 11.9. The maximum absolute atomic E-state index is 12.1. The van der Waals surface area contributed by atoms with E-state index in [1.807, 2.05) is 24.3 Å². The Balaban J connectivity index is 2.41. The fraction of sp³-hybridized carbons (Fsp3) is 0.615. The minimum atomic E-state index is -1.97. The SMILES string of the molecule is CCCCC(CC)COc1ccc(/C=C/C(=O)NCC(=O)CO[Si](C)(C)C(C)(C)C)cc1. The number of benzene rings is 1. The van der Waals surface area contributed by atoms with Gasteiger partial charge in [-0.2, -0.15) is 0 Å². The fourth-order valence-electron chi connectivity index (χ4n) is 2.73. The number of hydrogen-bond acceptors (Lipinski definition) is 4. The van der Waals surface area contributed by atoms with Gasteiger partial charge in [-0.05, 0) is 54.2 Å². The molecule has 0 aliphatic carbocycles. The molecule has 1 amide bonds. The number of rotatable bonds is 14. The summed E-state index contributed by atoms with van der Waals surface area (Å²) in [6.07, 6.45) is 7.95. The average molecular weight is 462 g/mol. The monoisotopic (exact) mass is 461 g/mol. The molecule has 5 nitrogen and oxygen atoms in total. The molecule has 1 N–H and O–H groups in total. The van der Waals surface area contributed by atoms with Crippen LogP contribution in [0, 0.1) is 5.92 Å². The Morgan fingerprint density at radius 1 is 1.12 bits per heavy atom. The molecule has 0 heterocycles. The van der Waals surface area contributed by atoms with E-state index in [1.165, 1.54) is 25.3 Å². The van der Waals surface area contributed by atoms with Gasteiger partial charge in [-0.3, -0.25) is 9.59 Å². The highest BCUT2D eigenvalue weighted by Crippen LogP contribution is 2.36. The van der Waals surface area contributed by atoms with Crippen LogP contribution in [0.2, 0.25) is 18.1 Å². The average Bonchev–Trinajstić information content (AvgIpc) is 2.75. The van der Waals surface area contributed by atoms with Crippen LogP contribution in [0.1, 0.15) is 65.9 Å². The second-order valence-electron chi connectivity index (χ2n) is 9.94. The van der Waals surface area contributed by atoms with Crippen LogP contribution < -0.4 is 10.1 Å². The topological polar surface area (TPSA) is 64.6 Å². The molecule has 180 valence electrons. The van der Waals surface area contributed by atoms with Gasteiger partial charge in [0.15, 0.2) is 14.1 Å². The summed E-state index contributed by atoms with van der Waals surface area (Å²) in [4.78, 5) is 24.1. The van der Waals surface area contributed by atoms with E-state index < -0.39 is 8.32 Å². The molecule has 0 radical (unpaired) electrons. The Bertz CT molecular complexity index is 735. The maximum Gasteiger partial charge on any atom is 0.244 e. The van der Waals surface area contributed by atoms with Gasteiger partial charge in [0, 0.05) is 6.08 Å². The van der Waals surface area contributed by atoms with Gasteiger partial charge in [-0.1, -0.05) is 66.0 Å². The maximum atomic E-state index is 12.1. The molecule has 1 rings (SSSR count). The van der Waals surface area contributed by atoms with Gasteiger partial charge in [0.1, 0.15) is 5.75 Å². The van der Waals surface area contributed by atoms with Crippen molar-refractivity contribution in [3.05, 3.63) is 35.9 Å². The first-order valence-electron chi connectivity index (χ1n) is 11.8. The number of hydrogen-bond donors (Lipinski definition) is 1. The third-order valence-corrected chi connectivity index (χ3v) is 10.7. The van der Waals surface area contributed by atoms with Crippen molar-refractivity contribution in [2.45, 2.75) is 78.4 Å². The molecule has 6 heteroatoms. The summed E-state index contributed by atoms with van der Waals surface area (Å²) in [6.45, 7) is 15.8. The molecule has 32 heavy (non-hydrogen) atoms. The summed E-state index contributed by atoms with van der Waals surface area (Å²) in [5, 5.41) is 2.68. The number of Topliss-reactive ketones (excluding diaryl/α,β-unsaturated/α-hetero) is 1. The number of amides is 1. The zero-order valence-electron chi connectivity index (χ0n) is 21.1. The lowest BCUT2D eigenvalue weighted by molar-refractivity contribution is -0.124. The minimum absolute atomic E-state index is 0.0266. The molecule has 0 aliphatic rings. The van der Waals surface area contributed by atoms with Gasteiger partial charge in [-0.15, -0.1) is 0 Å². The summed E-state index contributed by atoms with van der Waals surface area (Å²) in [7, 11) is -1.97. The lowest BCUT2D eigenvalue weighted by atomic mass is 10.0. The first-order valence-corrected chi connectivity index (χ1v) is 14.7. The van der Waals surface area contributed by atoms with E-state index in [0.717, 1.165) is 24.3 Å². The van der Waals surface area contributed by atoms with Gasteiger partial charge in [0.2, 0.25) is 5.91 Å². The van der Waals surface area contributed by atoms with E-state index in [2.05, 4.69) is 53.0 Å². The summed E-state index contributed by atoms with van der Waals surface area (Å²) in [5.74, 6) is 1.01. The zero-order valence-corrected chi connectivity index (χ0v) is 22.1. The molecule has 0 spiro atoms. The Morgan fingerprint density at radius 2 is 1.78 bits per heavy atom. The Labute approximate surface area is 196 Å². The summed E-state index contributed by atoms with van der Waals surface area (Å²) < 4.78 is 11.8. The smallest absolute Gasteiger partial charge is 0.244 e. The van der Waals surface area contributed by atoms with E-state index in [9.17, 15) is 9.59 Å². The van der Waals surface area contributed by atoms with Crippen LogP contribution in [-0.2, 0) is 14.0 Å². The third-order valence-electron chi connectivity index (χ3n) is 6.20. The van der Waals surface area contributed by atoms with E-state index in [0.29, 0.717) is 5.92 Å². The fourth-order valence-corrected chi connectivity index (χ4v) is 3.69. The van der Waals surface area contributed by atoms with Crippen molar-refractivity contribution in [2.24, 2.45) is 5.92 Å². The zero-order chi connectivity index (χ0) is 24.2. The summed E-state index contributed by atoms with van der Waals surface area (Å²) >= 11 is 0. The number of carbonyl (C=O) groups excluding carboxylic acids is 2. The van der Waals surface area contributed by atoms with E-state index in [1.54, 1.807) is 6.08 Å². The molecule has 1 unspecified atom stereocenters. The second-order valence-corrected chi connectivity index (χ2v) is 14.7. The van der Waals surface area contributed by atoms with Crippen LogP contribution in [0.4, 0.5) is 0 Å². The molecule has 0 aliphatic heterocycles. The van der Waals surface area contributed by atoms with E-state index >= 15 is 0 Å². The van der Waals surface area contributed by atoms with Gasteiger partial charge in [-0.25, -0.2) is 0 Å². The van der Waals surface area contributed by atoms with Crippen molar-refractivity contribution in [3.63, 3.8) is 0 Å². The number of ether oxygens (including phenoxy) is 1. The number of carbonyl (C=O) groups is 2. The molecule has 0 bridgehead atoms. The lowest BCUT2D eigenvalue weighted by Gasteiger charge is -2.35.